The first-order valence-corrected chi connectivity index (χ1v) is 6.77. The Balaban J connectivity index is 1.67. The number of hydrogen-bond acceptors (Lipinski definition) is 6. The van der Waals surface area contributed by atoms with E-state index in [0.29, 0.717) is 28.4 Å². The van der Waals surface area contributed by atoms with E-state index in [1.165, 1.54) is 19.4 Å². The quantitative estimate of drug-likeness (QED) is 0.664. The summed E-state index contributed by atoms with van der Waals surface area (Å²) in [7, 11) is 1.46. The van der Waals surface area contributed by atoms with Gasteiger partial charge in [-0.25, -0.2) is 5.43 Å². The molecule has 0 unspecified atom stereocenters. The SMILES string of the molecule is COc1cc(/C=N/NC(=O)c2ccc3c(c2)OCO3)ccc1O. The number of methoxy groups -OCH3 is 1. The number of aromatic hydroxyl groups is 1. The van der Waals surface area contributed by atoms with Gasteiger partial charge in [0, 0.05) is 5.56 Å². The fourth-order valence-electron chi connectivity index (χ4n) is 2.04. The van der Waals surface area contributed by atoms with Gasteiger partial charge < -0.3 is 19.3 Å². The van der Waals surface area contributed by atoms with Gasteiger partial charge in [-0.05, 0) is 42.0 Å². The Morgan fingerprint density at radius 2 is 2.09 bits per heavy atom. The number of rotatable bonds is 4. The molecule has 0 radical (unpaired) electrons. The van der Waals surface area contributed by atoms with E-state index >= 15 is 0 Å². The van der Waals surface area contributed by atoms with Gasteiger partial charge in [0.1, 0.15) is 0 Å². The number of amides is 1. The highest BCUT2D eigenvalue weighted by molar-refractivity contribution is 5.95. The number of nitrogens with zero attached hydrogens (tertiary/aromatic N) is 1. The minimum absolute atomic E-state index is 0.0362. The summed E-state index contributed by atoms with van der Waals surface area (Å²) in [6, 6.07) is 9.63. The summed E-state index contributed by atoms with van der Waals surface area (Å²) < 4.78 is 15.4. The van der Waals surface area contributed by atoms with Gasteiger partial charge in [-0.1, -0.05) is 0 Å². The van der Waals surface area contributed by atoms with Crippen LogP contribution in [-0.2, 0) is 0 Å². The molecule has 23 heavy (non-hydrogen) atoms. The van der Waals surface area contributed by atoms with Crippen molar-refractivity contribution in [1.29, 1.82) is 0 Å². The second-order valence-electron chi connectivity index (χ2n) is 4.70. The van der Waals surface area contributed by atoms with Crippen molar-refractivity contribution in [3.05, 3.63) is 47.5 Å². The average Bonchev–Trinajstić information content (AvgIpc) is 3.03. The lowest BCUT2D eigenvalue weighted by Crippen LogP contribution is -2.17. The number of carbonyl (C=O) groups is 1. The lowest BCUT2D eigenvalue weighted by molar-refractivity contribution is 0.0954. The smallest absolute Gasteiger partial charge is 0.271 e. The van der Waals surface area contributed by atoms with Crippen LogP contribution in [0.1, 0.15) is 15.9 Å². The predicted octanol–water partition coefficient (Wildman–Crippen LogP) is 1.89. The molecule has 1 heterocycles. The standard InChI is InChI=1S/C16H14N2O5/c1-21-14-6-10(2-4-12(14)19)8-17-18-16(20)11-3-5-13-15(7-11)23-9-22-13/h2-8,19H,9H2,1H3,(H,18,20)/b17-8+. The molecule has 0 fully saturated rings. The van der Waals surface area contributed by atoms with E-state index in [1.54, 1.807) is 30.3 Å². The van der Waals surface area contributed by atoms with Gasteiger partial charge in [-0.2, -0.15) is 5.10 Å². The molecule has 7 heteroatoms. The second-order valence-corrected chi connectivity index (χ2v) is 4.70. The minimum atomic E-state index is -0.370. The number of phenols is 1. The highest BCUT2D eigenvalue weighted by atomic mass is 16.7. The number of ether oxygens (including phenoxy) is 3. The molecule has 3 rings (SSSR count). The Morgan fingerprint density at radius 3 is 2.91 bits per heavy atom. The van der Waals surface area contributed by atoms with Crippen LogP contribution in [0, 0.1) is 0 Å². The number of hydrogen-bond donors (Lipinski definition) is 2. The highest BCUT2D eigenvalue weighted by Gasteiger charge is 2.15. The fraction of sp³-hybridized carbons (Fsp3) is 0.125. The van der Waals surface area contributed by atoms with Crippen molar-refractivity contribution in [2.75, 3.05) is 13.9 Å². The van der Waals surface area contributed by atoms with Crippen LogP contribution in [0.2, 0.25) is 0 Å². The van der Waals surface area contributed by atoms with Gasteiger partial charge in [0.15, 0.2) is 23.0 Å². The van der Waals surface area contributed by atoms with Crippen molar-refractivity contribution in [2.45, 2.75) is 0 Å². The normalized spacial score (nSPS) is 12.4. The average molecular weight is 314 g/mol. The lowest BCUT2D eigenvalue weighted by Gasteiger charge is -2.04. The molecule has 1 aliphatic rings. The molecule has 1 amide bonds. The monoisotopic (exact) mass is 314 g/mol. The maximum absolute atomic E-state index is 12.0. The number of phenolic OH excluding ortho intramolecular Hbond substituents is 1. The van der Waals surface area contributed by atoms with Crippen LogP contribution in [-0.4, -0.2) is 31.1 Å². The Hall–Kier alpha value is -3.22. The third kappa shape index (κ3) is 3.18. The van der Waals surface area contributed by atoms with Crippen molar-refractivity contribution in [3.8, 4) is 23.0 Å². The van der Waals surface area contributed by atoms with Crippen molar-refractivity contribution in [1.82, 2.24) is 5.43 Å². The van der Waals surface area contributed by atoms with Crippen LogP contribution in [0.3, 0.4) is 0 Å². The third-order valence-electron chi connectivity index (χ3n) is 3.22. The molecule has 0 spiro atoms. The molecule has 118 valence electrons. The van der Waals surface area contributed by atoms with Gasteiger partial charge in [-0.3, -0.25) is 4.79 Å². The maximum atomic E-state index is 12.0. The predicted molar refractivity (Wildman–Crippen MR) is 82.3 cm³/mol. The van der Waals surface area contributed by atoms with Gasteiger partial charge >= 0.3 is 0 Å². The van der Waals surface area contributed by atoms with Crippen LogP contribution in [0.4, 0.5) is 0 Å². The fourth-order valence-corrected chi connectivity index (χ4v) is 2.04. The Morgan fingerprint density at radius 1 is 1.26 bits per heavy atom. The number of hydrazone groups is 1. The molecule has 2 N–H and O–H groups in total. The van der Waals surface area contributed by atoms with Crippen molar-refractivity contribution in [2.24, 2.45) is 5.10 Å². The van der Waals surface area contributed by atoms with Crippen LogP contribution in [0.25, 0.3) is 0 Å². The summed E-state index contributed by atoms with van der Waals surface area (Å²) in [6.07, 6.45) is 1.45. The van der Waals surface area contributed by atoms with E-state index in [-0.39, 0.29) is 18.4 Å². The lowest BCUT2D eigenvalue weighted by atomic mass is 10.2. The number of benzene rings is 2. The molecule has 1 aliphatic heterocycles. The topological polar surface area (TPSA) is 89.4 Å². The molecule has 7 nitrogen and oxygen atoms in total. The summed E-state index contributed by atoms with van der Waals surface area (Å²) in [6.45, 7) is 0.154. The van der Waals surface area contributed by atoms with E-state index in [2.05, 4.69) is 10.5 Å². The molecule has 0 atom stereocenters. The Bertz CT molecular complexity index is 773. The van der Waals surface area contributed by atoms with E-state index < -0.39 is 0 Å². The summed E-state index contributed by atoms with van der Waals surface area (Å²) >= 11 is 0. The minimum Gasteiger partial charge on any atom is -0.504 e. The maximum Gasteiger partial charge on any atom is 0.271 e. The molecule has 0 bridgehead atoms. The number of carbonyl (C=O) groups excluding carboxylic acids is 1. The van der Waals surface area contributed by atoms with Crippen LogP contribution >= 0.6 is 0 Å². The molecule has 0 aromatic heterocycles. The van der Waals surface area contributed by atoms with Gasteiger partial charge in [0.2, 0.25) is 6.79 Å². The highest BCUT2D eigenvalue weighted by Crippen LogP contribution is 2.32. The summed E-state index contributed by atoms with van der Waals surface area (Å²) in [5.74, 6) is 1.14. The molecular weight excluding hydrogens is 300 g/mol. The van der Waals surface area contributed by atoms with Crippen molar-refractivity contribution in [3.63, 3.8) is 0 Å². The van der Waals surface area contributed by atoms with E-state index in [4.69, 9.17) is 14.2 Å². The van der Waals surface area contributed by atoms with Crippen molar-refractivity contribution >= 4 is 12.1 Å². The van der Waals surface area contributed by atoms with E-state index in [0.717, 1.165) is 0 Å². The summed E-state index contributed by atoms with van der Waals surface area (Å²) in [4.78, 5) is 12.0. The van der Waals surface area contributed by atoms with E-state index in [9.17, 15) is 9.90 Å². The molecule has 0 aliphatic carbocycles. The van der Waals surface area contributed by atoms with E-state index in [1.807, 2.05) is 0 Å². The van der Waals surface area contributed by atoms with Gasteiger partial charge in [-0.15, -0.1) is 0 Å². The van der Waals surface area contributed by atoms with Crippen LogP contribution in [0.15, 0.2) is 41.5 Å². The third-order valence-corrected chi connectivity index (χ3v) is 3.22. The summed E-state index contributed by atoms with van der Waals surface area (Å²) in [5.41, 5.74) is 3.51. The molecule has 0 saturated heterocycles. The largest absolute Gasteiger partial charge is 0.504 e. The first-order chi connectivity index (χ1) is 11.2. The van der Waals surface area contributed by atoms with Gasteiger partial charge in [0.25, 0.3) is 5.91 Å². The summed E-state index contributed by atoms with van der Waals surface area (Å²) in [5, 5.41) is 13.4. The zero-order chi connectivity index (χ0) is 16.2. The van der Waals surface area contributed by atoms with Crippen LogP contribution < -0.4 is 19.6 Å². The van der Waals surface area contributed by atoms with Crippen molar-refractivity contribution < 1.29 is 24.1 Å². The molecule has 2 aromatic rings. The zero-order valence-corrected chi connectivity index (χ0v) is 12.3. The first kappa shape index (κ1) is 14.7. The Kier molecular flexibility index (Phi) is 4.01. The molecule has 2 aromatic carbocycles. The first-order valence-electron chi connectivity index (χ1n) is 6.77. The number of nitrogens with one attached hydrogen (secondary N) is 1. The molecule has 0 saturated carbocycles. The number of fused-ring (bicyclic) bond motifs is 1. The van der Waals surface area contributed by atoms with Gasteiger partial charge in [0.05, 0.1) is 13.3 Å². The molecular formula is C16H14N2O5. The Labute approximate surface area is 132 Å². The second kappa shape index (κ2) is 6.27. The van der Waals surface area contributed by atoms with Crippen LogP contribution in [0.5, 0.6) is 23.0 Å². The zero-order valence-electron chi connectivity index (χ0n) is 12.3.